The molecule has 6 amide bonds. The zero-order chi connectivity index (χ0) is 29.2. The van der Waals surface area contributed by atoms with Crippen molar-refractivity contribution in [3.05, 3.63) is 29.8 Å². The van der Waals surface area contributed by atoms with Gasteiger partial charge >= 0.3 is 12.1 Å². The van der Waals surface area contributed by atoms with Crippen LogP contribution < -0.4 is 32.3 Å². The maximum atomic E-state index is 13.1. The number of urea groups is 1. The first-order chi connectivity index (χ1) is 18.6. The van der Waals surface area contributed by atoms with Gasteiger partial charge in [0, 0.05) is 25.2 Å². The van der Waals surface area contributed by atoms with Gasteiger partial charge in [-0.1, -0.05) is 46.2 Å². The number of anilines is 1. The summed E-state index contributed by atoms with van der Waals surface area (Å²) in [7, 11) is 0. The van der Waals surface area contributed by atoms with Crippen molar-refractivity contribution in [2.45, 2.75) is 84.9 Å². The monoisotopic (exact) mass is 548 g/mol. The summed E-state index contributed by atoms with van der Waals surface area (Å²) in [6.07, 6.45) is 2.90. The van der Waals surface area contributed by atoms with Crippen LogP contribution in [0.25, 0.3) is 0 Å². The summed E-state index contributed by atoms with van der Waals surface area (Å²) in [6.45, 7) is 8.38. The number of ether oxygens (including phenoxy) is 1. The molecule has 39 heavy (non-hydrogen) atoms. The van der Waals surface area contributed by atoms with Crippen LogP contribution in [0.1, 0.15) is 71.8 Å². The maximum Gasteiger partial charge on any atom is 0.407 e. The molecule has 0 fully saturated rings. The Hall–Kier alpha value is -3.83. The summed E-state index contributed by atoms with van der Waals surface area (Å²) in [5.74, 6) is -1.36. The molecule has 1 aromatic carbocycles. The van der Waals surface area contributed by atoms with Crippen molar-refractivity contribution in [2.75, 3.05) is 18.4 Å². The minimum absolute atomic E-state index is 0.0814. The lowest BCUT2D eigenvalue weighted by Crippen LogP contribution is -2.54. The van der Waals surface area contributed by atoms with E-state index in [1.54, 1.807) is 24.3 Å². The van der Waals surface area contributed by atoms with Gasteiger partial charge in [0.1, 0.15) is 18.7 Å². The number of nitrogens with two attached hydrogens (primary N) is 1. The van der Waals surface area contributed by atoms with Gasteiger partial charge in [-0.2, -0.15) is 0 Å². The second kappa shape index (κ2) is 18.4. The number of carbonyl (C=O) groups excluding carboxylic acids is 5. The van der Waals surface area contributed by atoms with Crippen LogP contribution in [0.5, 0.6) is 0 Å². The topological polar surface area (TPSA) is 181 Å². The van der Waals surface area contributed by atoms with Gasteiger partial charge in [0.05, 0.1) is 0 Å². The van der Waals surface area contributed by atoms with Crippen LogP contribution in [-0.2, 0) is 25.7 Å². The highest BCUT2D eigenvalue weighted by atomic mass is 16.5. The highest BCUT2D eigenvalue weighted by molar-refractivity contribution is 5.98. The Balaban J connectivity index is 2.82. The van der Waals surface area contributed by atoms with Crippen molar-refractivity contribution >= 4 is 35.5 Å². The molecule has 0 aliphatic carbocycles. The quantitative estimate of drug-likeness (QED) is 0.163. The molecule has 0 saturated heterocycles. The largest absolute Gasteiger partial charge is 0.445 e. The summed E-state index contributed by atoms with van der Waals surface area (Å²) >= 11 is 0. The van der Waals surface area contributed by atoms with Crippen molar-refractivity contribution in [1.29, 1.82) is 0 Å². The number of hydrogen-bond acceptors (Lipinski definition) is 6. The number of rotatable bonds is 17. The number of unbranched alkanes of at least 4 members (excludes halogenated alkanes) is 1. The molecule has 0 saturated carbocycles. The number of primary amides is 1. The molecule has 12 heteroatoms. The third kappa shape index (κ3) is 14.0. The highest BCUT2D eigenvalue weighted by Gasteiger charge is 2.28. The Kier molecular flexibility index (Phi) is 15.7. The summed E-state index contributed by atoms with van der Waals surface area (Å²) in [5.41, 5.74) is 6.33. The maximum absolute atomic E-state index is 13.1. The molecule has 0 aliphatic rings. The van der Waals surface area contributed by atoms with Crippen molar-refractivity contribution in [2.24, 2.45) is 11.7 Å². The lowest BCUT2D eigenvalue weighted by molar-refractivity contribution is -0.132. The number of nitrogens with one attached hydrogen (secondary N) is 5. The molecule has 0 spiro atoms. The third-order valence-electron chi connectivity index (χ3n) is 5.74. The number of benzene rings is 1. The molecule has 218 valence electrons. The fraction of sp³-hybridized carbons (Fsp3) is 0.593. The van der Waals surface area contributed by atoms with Gasteiger partial charge in [-0.05, 0) is 49.3 Å². The summed E-state index contributed by atoms with van der Waals surface area (Å²) in [6, 6.07) is 4.37. The van der Waals surface area contributed by atoms with E-state index in [1.165, 1.54) is 0 Å². The van der Waals surface area contributed by atoms with Crippen LogP contribution in [0, 0.1) is 5.92 Å². The van der Waals surface area contributed by atoms with Crippen molar-refractivity contribution in [3.8, 4) is 0 Å². The fourth-order valence-corrected chi connectivity index (χ4v) is 3.54. The highest BCUT2D eigenvalue weighted by Crippen LogP contribution is 2.13. The van der Waals surface area contributed by atoms with Gasteiger partial charge in [-0.3, -0.25) is 14.4 Å². The van der Waals surface area contributed by atoms with Crippen molar-refractivity contribution in [3.63, 3.8) is 0 Å². The first kappa shape index (κ1) is 33.2. The first-order valence-corrected chi connectivity index (χ1v) is 13.5. The molecule has 0 aromatic heterocycles. The van der Waals surface area contributed by atoms with Crippen LogP contribution in [0.15, 0.2) is 24.3 Å². The predicted molar refractivity (Wildman–Crippen MR) is 149 cm³/mol. The molecule has 0 aliphatic heterocycles. The van der Waals surface area contributed by atoms with E-state index in [4.69, 9.17) is 10.5 Å². The third-order valence-corrected chi connectivity index (χ3v) is 5.74. The normalized spacial score (nSPS) is 12.1. The van der Waals surface area contributed by atoms with E-state index in [0.29, 0.717) is 31.5 Å². The van der Waals surface area contributed by atoms with Crippen LogP contribution in [-0.4, -0.2) is 55.0 Å². The predicted octanol–water partition coefficient (Wildman–Crippen LogP) is 2.53. The minimum Gasteiger partial charge on any atom is -0.445 e. The SMILES string of the molecule is CCCCNC(=O)OCc1ccc(NC(=O)[C@H](CCCNC(N)=O)NC(=O)[C@@H](NC(=O)CCC)C(C)C)cc1. The van der Waals surface area contributed by atoms with E-state index >= 15 is 0 Å². The van der Waals surface area contributed by atoms with Crippen LogP contribution >= 0.6 is 0 Å². The van der Waals surface area contributed by atoms with Gasteiger partial charge in [-0.25, -0.2) is 9.59 Å². The average molecular weight is 549 g/mol. The van der Waals surface area contributed by atoms with Crippen molar-refractivity contribution < 1.29 is 28.7 Å². The van der Waals surface area contributed by atoms with E-state index < -0.39 is 36.0 Å². The van der Waals surface area contributed by atoms with Gasteiger partial charge < -0.3 is 37.1 Å². The smallest absolute Gasteiger partial charge is 0.407 e. The van der Waals surface area contributed by atoms with Crippen molar-refractivity contribution in [1.82, 2.24) is 21.3 Å². The molecule has 0 bridgehead atoms. The van der Waals surface area contributed by atoms with E-state index in [0.717, 1.165) is 18.4 Å². The zero-order valence-electron chi connectivity index (χ0n) is 23.4. The molecular formula is C27H44N6O6. The van der Waals surface area contributed by atoms with E-state index in [1.807, 2.05) is 27.7 Å². The van der Waals surface area contributed by atoms with Gasteiger partial charge in [0.25, 0.3) is 0 Å². The molecule has 1 aromatic rings. The zero-order valence-corrected chi connectivity index (χ0v) is 23.4. The molecular weight excluding hydrogens is 504 g/mol. The Morgan fingerprint density at radius 2 is 1.54 bits per heavy atom. The number of amides is 6. The summed E-state index contributed by atoms with van der Waals surface area (Å²) < 4.78 is 5.18. The summed E-state index contributed by atoms with van der Waals surface area (Å²) in [5, 5.41) is 13.4. The van der Waals surface area contributed by atoms with Gasteiger partial charge in [-0.15, -0.1) is 0 Å². The number of alkyl carbamates (subject to hydrolysis) is 1. The van der Waals surface area contributed by atoms with E-state index in [9.17, 15) is 24.0 Å². The van der Waals surface area contributed by atoms with Crippen LogP contribution in [0.2, 0.25) is 0 Å². The Bertz CT molecular complexity index is 937. The Labute approximate surface area is 230 Å². The second-order valence-electron chi connectivity index (χ2n) is 9.58. The first-order valence-electron chi connectivity index (χ1n) is 13.5. The molecule has 0 radical (unpaired) electrons. The van der Waals surface area contributed by atoms with Gasteiger partial charge in [0.15, 0.2) is 0 Å². The van der Waals surface area contributed by atoms with Crippen LogP contribution in [0.3, 0.4) is 0 Å². The van der Waals surface area contributed by atoms with Crippen LogP contribution in [0.4, 0.5) is 15.3 Å². The average Bonchev–Trinajstić information content (AvgIpc) is 2.88. The fourth-order valence-electron chi connectivity index (χ4n) is 3.54. The standard InChI is InChI=1S/C27H44N6O6/c1-5-7-15-30-27(38)39-17-19-11-13-20(14-12-19)31-24(35)21(10-8-16-29-26(28)37)32-25(36)23(18(3)4)33-22(34)9-6-2/h11-14,18,21,23H,5-10,15-17H2,1-4H3,(H,30,38)(H,31,35)(H,32,36)(H,33,34)(H3,28,29,37)/t21-,23-/m0/s1. The van der Waals surface area contributed by atoms with Gasteiger partial charge in [0.2, 0.25) is 17.7 Å². The molecule has 1 rings (SSSR count). The molecule has 7 N–H and O–H groups in total. The number of hydrogen-bond donors (Lipinski definition) is 6. The number of carbonyl (C=O) groups is 5. The van der Waals surface area contributed by atoms with E-state index in [2.05, 4.69) is 26.6 Å². The molecule has 2 atom stereocenters. The molecule has 0 heterocycles. The molecule has 12 nitrogen and oxygen atoms in total. The minimum atomic E-state index is -0.925. The lowest BCUT2D eigenvalue weighted by atomic mass is 10.0. The molecule has 0 unspecified atom stereocenters. The second-order valence-corrected chi connectivity index (χ2v) is 9.58. The summed E-state index contributed by atoms with van der Waals surface area (Å²) in [4.78, 5) is 61.0. The Morgan fingerprint density at radius 3 is 2.13 bits per heavy atom. The Morgan fingerprint density at radius 1 is 0.872 bits per heavy atom. The lowest BCUT2D eigenvalue weighted by Gasteiger charge is -2.25. The van der Waals surface area contributed by atoms with E-state index in [-0.39, 0.29) is 31.4 Å².